The van der Waals surface area contributed by atoms with Crippen molar-refractivity contribution in [1.29, 1.82) is 5.26 Å². The molecule has 0 aliphatic heterocycles. The maximum Gasteiger partial charge on any atom is 0.326 e. The number of carbonyl (C=O) groups is 1. The third kappa shape index (κ3) is 7.58. The molecule has 0 aliphatic carbocycles. The molecule has 2 aromatic carbocycles. The molecule has 46 heavy (non-hydrogen) atoms. The van der Waals surface area contributed by atoms with E-state index in [1.165, 1.54) is 18.5 Å². The van der Waals surface area contributed by atoms with Gasteiger partial charge < -0.3 is 21.5 Å². The van der Waals surface area contributed by atoms with E-state index in [2.05, 4.69) is 35.6 Å². The summed E-state index contributed by atoms with van der Waals surface area (Å²) >= 11 is 0. The minimum absolute atomic E-state index is 0.00866. The van der Waals surface area contributed by atoms with Crippen LogP contribution in [-0.2, 0) is 4.79 Å². The van der Waals surface area contributed by atoms with Crippen molar-refractivity contribution in [3.63, 3.8) is 0 Å². The molecule has 2 atom stereocenters. The van der Waals surface area contributed by atoms with Gasteiger partial charge in [0.25, 0.3) is 5.69 Å². The Morgan fingerprint density at radius 3 is 2.46 bits per heavy atom. The first-order chi connectivity index (χ1) is 22.0. The number of nitro groups is 1. The van der Waals surface area contributed by atoms with Crippen LogP contribution in [0.5, 0.6) is 0 Å². The molecule has 3 heterocycles. The van der Waals surface area contributed by atoms with Crippen LogP contribution < -0.4 is 16.4 Å². The van der Waals surface area contributed by atoms with Crippen LogP contribution in [0.3, 0.4) is 0 Å². The fourth-order valence-electron chi connectivity index (χ4n) is 4.23. The predicted molar refractivity (Wildman–Crippen MR) is 164 cm³/mol. The number of nitrogens with two attached hydrogens (primary N) is 1. The summed E-state index contributed by atoms with van der Waals surface area (Å²) in [5, 5.41) is 34.5. The quantitative estimate of drug-likeness (QED) is 0.121. The van der Waals surface area contributed by atoms with Gasteiger partial charge in [-0.25, -0.2) is 33.5 Å². The van der Waals surface area contributed by atoms with Gasteiger partial charge in [-0.3, -0.25) is 15.1 Å². The number of nitrogens with zero attached hydrogens (tertiary/aromatic N) is 7. The Morgan fingerprint density at radius 1 is 1.07 bits per heavy atom. The second-order valence-electron chi connectivity index (χ2n) is 9.63. The van der Waals surface area contributed by atoms with Crippen molar-refractivity contribution in [2.45, 2.75) is 32.4 Å². The Morgan fingerprint density at radius 2 is 1.80 bits per heavy atom. The molecule has 5 N–H and O–H groups in total. The summed E-state index contributed by atoms with van der Waals surface area (Å²) in [6.07, 6.45) is 3.18. The Balaban J connectivity index is 0.000000242. The number of fused-ring (bicyclic) bond motifs is 1. The number of carboxylic acid groups (broad SMARTS) is 1. The number of benzene rings is 2. The maximum atomic E-state index is 13.7. The molecule has 5 rings (SSSR count). The van der Waals surface area contributed by atoms with Gasteiger partial charge in [0, 0.05) is 12.3 Å². The summed E-state index contributed by atoms with van der Waals surface area (Å²) in [6, 6.07) is 13.2. The molecule has 0 bridgehead atoms. The molecule has 234 valence electrons. The molecule has 3 aromatic heterocycles. The summed E-state index contributed by atoms with van der Waals surface area (Å²) in [5.74, 6) is -1.88. The number of carboxylic acids is 1. The van der Waals surface area contributed by atoms with E-state index in [0.717, 1.165) is 18.2 Å². The van der Waals surface area contributed by atoms with E-state index in [0.29, 0.717) is 33.9 Å². The molecule has 0 fully saturated rings. The van der Waals surface area contributed by atoms with E-state index in [4.69, 9.17) is 10.8 Å². The van der Waals surface area contributed by atoms with Crippen molar-refractivity contribution in [2.24, 2.45) is 0 Å². The van der Waals surface area contributed by atoms with Crippen molar-refractivity contribution in [2.75, 3.05) is 16.4 Å². The Hall–Kier alpha value is -6.37. The van der Waals surface area contributed by atoms with E-state index in [-0.39, 0.29) is 23.5 Å². The van der Waals surface area contributed by atoms with Crippen LogP contribution in [0.1, 0.15) is 37.6 Å². The van der Waals surface area contributed by atoms with Crippen molar-refractivity contribution < 1.29 is 23.6 Å². The van der Waals surface area contributed by atoms with Gasteiger partial charge in [-0.05, 0) is 49.7 Å². The number of nitrogen functional groups attached to an aromatic ring is 1. The van der Waals surface area contributed by atoms with Crippen molar-refractivity contribution in [3.05, 3.63) is 100 Å². The predicted octanol–water partition coefficient (Wildman–Crippen LogP) is 5.26. The fourth-order valence-corrected chi connectivity index (χ4v) is 4.23. The highest BCUT2D eigenvalue weighted by Gasteiger charge is 2.22. The lowest BCUT2D eigenvalue weighted by Gasteiger charge is -2.18. The molecule has 0 spiro atoms. The molecule has 0 amide bonds. The van der Waals surface area contributed by atoms with Crippen LogP contribution in [0.4, 0.5) is 31.8 Å². The van der Waals surface area contributed by atoms with Crippen molar-refractivity contribution in [1.82, 2.24) is 24.9 Å². The SMILES string of the molecule is CCC(Nc1ccc(F)cc1[N+](=O)[O-])C(=O)O.C[C@H](Nc1ncnc(N)c1C#N)c1nc2ccc(F)cc2nc1-c1ccccn1. The molecular formula is C30H26F2N10O4. The summed E-state index contributed by atoms with van der Waals surface area (Å²) in [4.78, 5) is 42.3. The van der Waals surface area contributed by atoms with Gasteiger partial charge in [0.1, 0.15) is 58.7 Å². The molecular weight excluding hydrogens is 602 g/mol. The number of pyridine rings is 1. The minimum atomic E-state index is -1.12. The zero-order valence-corrected chi connectivity index (χ0v) is 24.3. The van der Waals surface area contributed by atoms with E-state index in [1.807, 2.05) is 19.1 Å². The Kier molecular flexibility index (Phi) is 10.2. The first-order valence-electron chi connectivity index (χ1n) is 13.6. The van der Waals surface area contributed by atoms with Crippen LogP contribution in [0.25, 0.3) is 22.4 Å². The summed E-state index contributed by atoms with van der Waals surface area (Å²) in [7, 11) is 0. The highest BCUT2D eigenvalue weighted by Crippen LogP contribution is 2.30. The van der Waals surface area contributed by atoms with Gasteiger partial charge in [-0.2, -0.15) is 5.26 Å². The van der Waals surface area contributed by atoms with Gasteiger partial charge >= 0.3 is 5.97 Å². The van der Waals surface area contributed by atoms with Crippen molar-refractivity contribution in [3.8, 4) is 17.5 Å². The van der Waals surface area contributed by atoms with Crippen LogP contribution >= 0.6 is 0 Å². The van der Waals surface area contributed by atoms with Gasteiger partial charge in [-0.1, -0.05) is 13.0 Å². The third-order valence-corrected chi connectivity index (χ3v) is 6.51. The molecule has 0 saturated carbocycles. The van der Waals surface area contributed by atoms with Crippen molar-refractivity contribution >= 4 is 40.0 Å². The molecule has 0 aliphatic rings. The highest BCUT2D eigenvalue weighted by molar-refractivity contribution is 5.79. The number of hydrogen-bond acceptors (Lipinski definition) is 12. The Labute approximate surface area is 260 Å². The number of aromatic nitrogens is 5. The number of nitrogens with one attached hydrogen (secondary N) is 2. The molecule has 0 radical (unpaired) electrons. The topological polar surface area (TPSA) is 219 Å². The number of aliphatic carboxylic acids is 1. The number of nitro benzene ring substituents is 1. The van der Waals surface area contributed by atoms with E-state index >= 15 is 0 Å². The number of hydrogen-bond donors (Lipinski definition) is 4. The molecule has 16 heteroatoms. The lowest BCUT2D eigenvalue weighted by Crippen LogP contribution is -2.28. The lowest BCUT2D eigenvalue weighted by molar-refractivity contribution is -0.384. The van der Waals surface area contributed by atoms with E-state index in [1.54, 1.807) is 31.3 Å². The lowest BCUT2D eigenvalue weighted by atomic mass is 10.1. The maximum absolute atomic E-state index is 13.7. The van der Waals surface area contributed by atoms with E-state index in [9.17, 15) is 29.0 Å². The molecule has 14 nitrogen and oxygen atoms in total. The first kappa shape index (κ1) is 32.5. The number of nitriles is 1. The monoisotopic (exact) mass is 628 g/mol. The summed E-state index contributed by atoms with van der Waals surface area (Å²) < 4.78 is 26.5. The summed E-state index contributed by atoms with van der Waals surface area (Å²) in [5.41, 5.74) is 8.06. The average Bonchev–Trinajstić information content (AvgIpc) is 3.04. The number of rotatable bonds is 9. The second kappa shape index (κ2) is 14.4. The zero-order valence-electron chi connectivity index (χ0n) is 24.3. The average molecular weight is 629 g/mol. The fraction of sp³-hybridized carbons (Fsp3) is 0.167. The van der Waals surface area contributed by atoms with Crippen LogP contribution in [0.15, 0.2) is 67.1 Å². The smallest absolute Gasteiger partial charge is 0.326 e. The highest BCUT2D eigenvalue weighted by atomic mass is 19.1. The number of halogens is 2. The number of anilines is 3. The Bertz CT molecular complexity index is 1940. The minimum Gasteiger partial charge on any atom is -0.480 e. The van der Waals surface area contributed by atoms with Crippen LogP contribution in [0, 0.1) is 33.1 Å². The molecule has 1 unspecified atom stereocenters. The normalized spacial score (nSPS) is 11.8. The van der Waals surface area contributed by atoms with Gasteiger partial charge in [-0.15, -0.1) is 0 Å². The second-order valence-corrected chi connectivity index (χ2v) is 9.63. The van der Waals surface area contributed by atoms with Crippen LogP contribution in [0.2, 0.25) is 0 Å². The molecule has 5 aromatic rings. The third-order valence-electron chi connectivity index (χ3n) is 6.51. The van der Waals surface area contributed by atoms with E-state index < -0.39 is 40.3 Å². The first-order valence-corrected chi connectivity index (χ1v) is 13.6. The van der Waals surface area contributed by atoms with Gasteiger partial charge in [0.2, 0.25) is 0 Å². The largest absolute Gasteiger partial charge is 0.480 e. The summed E-state index contributed by atoms with van der Waals surface area (Å²) in [6.45, 7) is 3.48. The standard InChI is InChI=1S/C20H15FN8.C10H11FN2O4/c1-11(27-20-13(9-22)19(23)25-10-26-20)17-18(15-4-2-3-7-24-15)29-16-8-12(21)5-6-14(16)28-17;1-2-7(10(14)15)12-8-4-3-6(11)5-9(8)13(16)17/h2-8,10-11H,1H3,(H3,23,25,26,27);3-5,7,12H,2H2,1H3,(H,14,15)/t11-;/m0./s1. The van der Waals surface area contributed by atoms with Gasteiger partial charge in [0.15, 0.2) is 0 Å². The zero-order chi connectivity index (χ0) is 33.4. The molecule has 0 saturated heterocycles. The van der Waals surface area contributed by atoms with Gasteiger partial charge in [0.05, 0.1) is 39.5 Å². The van der Waals surface area contributed by atoms with Crippen LogP contribution in [-0.4, -0.2) is 47.0 Å².